The zero-order valence-electron chi connectivity index (χ0n) is 23.3. The van der Waals surface area contributed by atoms with E-state index in [1.807, 2.05) is 63.2 Å². The highest BCUT2D eigenvalue weighted by atomic mass is 32.2. The number of amides is 2. The number of anilines is 1. The molecule has 1 saturated carbocycles. The minimum Gasteiger partial charge on any atom is -0.352 e. The van der Waals surface area contributed by atoms with Gasteiger partial charge in [-0.3, -0.25) is 13.9 Å². The molecule has 208 valence electrons. The van der Waals surface area contributed by atoms with Gasteiger partial charge in [-0.25, -0.2) is 8.42 Å². The molecular weight excluding hydrogens is 498 g/mol. The van der Waals surface area contributed by atoms with Gasteiger partial charge in [0.25, 0.3) is 0 Å². The maximum Gasteiger partial charge on any atom is 0.243 e. The average Bonchev–Trinajstić information content (AvgIpc) is 2.88. The Kier molecular flexibility index (Phi) is 10.8. The molecule has 1 aliphatic carbocycles. The number of para-hydroxylation sites is 1. The number of hydrogen-bond acceptors (Lipinski definition) is 4. The topological polar surface area (TPSA) is 86.8 Å². The van der Waals surface area contributed by atoms with E-state index in [0.717, 1.165) is 42.4 Å². The molecule has 2 amide bonds. The molecule has 0 spiro atoms. The first-order valence-corrected chi connectivity index (χ1v) is 15.6. The third kappa shape index (κ3) is 8.06. The second-order valence-electron chi connectivity index (χ2n) is 10.4. The summed E-state index contributed by atoms with van der Waals surface area (Å²) < 4.78 is 26.5. The van der Waals surface area contributed by atoms with Crippen LogP contribution in [0.5, 0.6) is 0 Å². The summed E-state index contributed by atoms with van der Waals surface area (Å²) in [6.07, 6.45) is 7.60. The Hall–Kier alpha value is -2.87. The maximum absolute atomic E-state index is 13.7. The second kappa shape index (κ2) is 13.8. The van der Waals surface area contributed by atoms with Gasteiger partial charge < -0.3 is 10.2 Å². The molecule has 2 aromatic rings. The minimum absolute atomic E-state index is 0.0981. The first kappa shape index (κ1) is 29.7. The first-order valence-electron chi connectivity index (χ1n) is 13.8. The molecule has 1 atom stereocenters. The molecule has 2 aromatic carbocycles. The van der Waals surface area contributed by atoms with Gasteiger partial charge in [0.1, 0.15) is 6.04 Å². The Balaban J connectivity index is 1.77. The molecule has 1 fully saturated rings. The van der Waals surface area contributed by atoms with Crippen LogP contribution < -0.4 is 9.62 Å². The van der Waals surface area contributed by atoms with E-state index in [1.54, 1.807) is 11.0 Å². The van der Waals surface area contributed by atoms with Crippen molar-refractivity contribution in [2.24, 2.45) is 0 Å². The highest BCUT2D eigenvalue weighted by Gasteiger charge is 2.30. The predicted molar refractivity (Wildman–Crippen MR) is 153 cm³/mol. The van der Waals surface area contributed by atoms with Crippen LogP contribution >= 0.6 is 0 Å². The number of sulfonamides is 1. The standard InChI is InChI=1S/C30H43N3O4S/c1-5-27(30(35)31-26-17-7-6-8-18-26)32(22-25-16-11-9-14-23(25)2)29(34)20-13-21-33(38(4,36)37)28-19-12-10-15-24(28)3/h9-12,14-16,19,26-27H,5-8,13,17-18,20-22H2,1-4H3,(H,31,35). The second-order valence-corrected chi connectivity index (χ2v) is 12.3. The predicted octanol–water partition coefficient (Wildman–Crippen LogP) is 5.11. The van der Waals surface area contributed by atoms with Crippen molar-refractivity contribution >= 4 is 27.5 Å². The largest absolute Gasteiger partial charge is 0.352 e. The third-order valence-electron chi connectivity index (χ3n) is 7.48. The fraction of sp³-hybridized carbons (Fsp3) is 0.533. The van der Waals surface area contributed by atoms with E-state index in [9.17, 15) is 18.0 Å². The van der Waals surface area contributed by atoms with E-state index in [4.69, 9.17) is 0 Å². The van der Waals surface area contributed by atoms with Crippen molar-refractivity contribution in [1.29, 1.82) is 0 Å². The molecule has 7 nitrogen and oxygen atoms in total. The molecule has 0 radical (unpaired) electrons. The Morgan fingerprint density at radius 3 is 2.21 bits per heavy atom. The lowest BCUT2D eigenvalue weighted by molar-refractivity contribution is -0.141. The van der Waals surface area contributed by atoms with Crippen molar-refractivity contribution in [1.82, 2.24) is 10.2 Å². The molecule has 0 aromatic heterocycles. The lowest BCUT2D eigenvalue weighted by atomic mass is 9.95. The van der Waals surface area contributed by atoms with E-state index in [1.165, 1.54) is 17.0 Å². The number of nitrogens with one attached hydrogen (secondary N) is 1. The number of carbonyl (C=O) groups is 2. The summed E-state index contributed by atoms with van der Waals surface area (Å²) >= 11 is 0. The van der Waals surface area contributed by atoms with Crippen LogP contribution in [0.15, 0.2) is 48.5 Å². The Labute approximate surface area is 228 Å². The number of hydrogen-bond donors (Lipinski definition) is 1. The number of benzene rings is 2. The van der Waals surface area contributed by atoms with E-state index in [-0.39, 0.29) is 30.8 Å². The summed E-state index contributed by atoms with van der Waals surface area (Å²) in [6, 6.07) is 14.8. The molecule has 0 saturated heterocycles. The van der Waals surface area contributed by atoms with Gasteiger partial charge in [0, 0.05) is 25.6 Å². The van der Waals surface area contributed by atoms with Crippen LogP contribution in [0.2, 0.25) is 0 Å². The SMILES string of the molecule is CCC(C(=O)NC1CCCCC1)N(Cc1ccccc1C)C(=O)CCCN(c1ccccc1C)S(C)(=O)=O. The monoisotopic (exact) mass is 541 g/mol. The van der Waals surface area contributed by atoms with Crippen LogP contribution in [0.4, 0.5) is 5.69 Å². The molecule has 0 bridgehead atoms. The summed E-state index contributed by atoms with van der Waals surface area (Å²) in [5.74, 6) is -0.240. The van der Waals surface area contributed by atoms with Crippen molar-refractivity contribution in [3.63, 3.8) is 0 Å². The molecule has 1 unspecified atom stereocenters. The lowest BCUT2D eigenvalue weighted by Gasteiger charge is -2.33. The van der Waals surface area contributed by atoms with Gasteiger partial charge in [0.2, 0.25) is 21.8 Å². The summed E-state index contributed by atoms with van der Waals surface area (Å²) in [4.78, 5) is 28.8. The zero-order valence-corrected chi connectivity index (χ0v) is 24.1. The van der Waals surface area contributed by atoms with Crippen LogP contribution in [0.3, 0.4) is 0 Å². The first-order chi connectivity index (χ1) is 18.1. The summed E-state index contributed by atoms with van der Waals surface area (Å²) in [5.41, 5.74) is 3.55. The Bertz CT molecular complexity index is 1190. The third-order valence-corrected chi connectivity index (χ3v) is 8.66. The van der Waals surface area contributed by atoms with Crippen molar-refractivity contribution in [2.45, 2.75) is 90.8 Å². The number of nitrogens with zero attached hydrogens (tertiary/aromatic N) is 2. The highest BCUT2D eigenvalue weighted by Crippen LogP contribution is 2.24. The summed E-state index contributed by atoms with van der Waals surface area (Å²) in [7, 11) is -3.52. The highest BCUT2D eigenvalue weighted by molar-refractivity contribution is 7.92. The molecular formula is C30H43N3O4S. The molecule has 0 aliphatic heterocycles. The Morgan fingerprint density at radius 2 is 1.61 bits per heavy atom. The van der Waals surface area contributed by atoms with E-state index in [0.29, 0.717) is 25.1 Å². The fourth-order valence-electron chi connectivity index (χ4n) is 5.26. The lowest BCUT2D eigenvalue weighted by Crippen LogP contribution is -2.51. The van der Waals surface area contributed by atoms with Gasteiger partial charge in [-0.15, -0.1) is 0 Å². The van der Waals surface area contributed by atoms with Gasteiger partial charge in [-0.1, -0.05) is 68.7 Å². The normalized spacial score (nSPS) is 15.1. The molecule has 8 heteroatoms. The van der Waals surface area contributed by atoms with Gasteiger partial charge in [-0.05, 0) is 62.3 Å². The minimum atomic E-state index is -3.52. The Morgan fingerprint density at radius 1 is 0.974 bits per heavy atom. The van der Waals surface area contributed by atoms with Crippen molar-refractivity contribution < 1.29 is 18.0 Å². The van der Waals surface area contributed by atoms with Crippen LogP contribution in [-0.4, -0.2) is 50.0 Å². The number of aryl methyl sites for hydroxylation is 2. The smallest absolute Gasteiger partial charge is 0.243 e. The van der Waals surface area contributed by atoms with Crippen LogP contribution in [-0.2, 0) is 26.2 Å². The van der Waals surface area contributed by atoms with Gasteiger partial charge in [0.15, 0.2) is 0 Å². The number of carbonyl (C=O) groups excluding carboxylic acids is 2. The molecule has 3 rings (SSSR count). The fourth-order valence-corrected chi connectivity index (χ4v) is 6.28. The van der Waals surface area contributed by atoms with Crippen LogP contribution in [0, 0.1) is 13.8 Å². The van der Waals surface area contributed by atoms with Gasteiger partial charge in [0.05, 0.1) is 11.9 Å². The zero-order chi connectivity index (χ0) is 27.7. The van der Waals surface area contributed by atoms with Crippen LogP contribution in [0.1, 0.15) is 75.0 Å². The summed E-state index contributed by atoms with van der Waals surface area (Å²) in [6.45, 7) is 6.35. The molecule has 1 N–H and O–H groups in total. The molecule has 0 heterocycles. The maximum atomic E-state index is 13.7. The van der Waals surface area contributed by atoms with Crippen molar-refractivity contribution in [3.8, 4) is 0 Å². The van der Waals surface area contributed by atoms with E-state index in [2.05, 4.69) is 5.32 Å². The van der Waals surface area contributed by atoms with Crippen molar-refractivity contribution in [3.05, 3.63) is 65.2 Å². The van der Waals surface area contributed by atoms with E-state index < -0.39 is 16.1 Å². The average molecular weight is 542 g/mol. The van der Waals surface area contributed by atoms with Crippen molar-refractivity contribution in [2.75, 3.05) is 17.1 Å². The molecule has 38 heavy (non-hydrogen) atoms. The quantitative estimate of drug-likeness (QED) is 0.405. The number of rotatable bonds is 12. The van der Waals surface area contributed by atoms with E-state index >= 15 is 0 Å². The van der Waals surface area contributed by atoms with Crippen LogP contribution in [0.25, 0.3) is 0 Å². The van der Waals surface area contributed by atoms with Gasteiger partial charge in [-0.2, -0.15) is 0 Å². The molecule has 1 aliphatic rings. The summed E-state index contributed by atoms with van der Waals surface area (Å²) in [5, 5.41) is 3.21. The van der Waals surface area contributed by atoms with Gasteiger partial charge >= 0.3 is 0 Å².